The number of nitrogens with one attached hydrogen (secondary N) is 1. The Balaban J connectivity index is 2.08. The molecule has 0 spiro atoms. The normalized spacial score (nSPS) is 17.8. The molecule has 1 aromatic rings. The molecule has 0 radical (unpaired) electrons. The maximum Gasteiger partial charge on any atom is 0.252 e. The minimum Gasteiger partial charge on any atom is -0.585 e. The summed E-state index contributed by atoms with van der Waals surface area (Å²) in [5.74, 6) is 1.49. The summed E-state index contributed by atoms with van der Waals surface area (Å²) in [6.07, 6.45) is 5.38. The number of nitrogens with zero attached hydrogens (tertiary/aromatic N) is 1. The standard InChI is InChI=1S/C17H22N2O2/c1-11-7-13(3)17(15(8-11)19-20)18-10-14-5-6-16(21-4)12(2)9-14/h6-9,14,18H,5,10H2,1-4H3/p+1. The largest absolute Gasteiger partial charge is 0.585 e. The van der Waals surface area contributed by atoms with E-state index in [1.54, 1.807) is 0 Å². The van der Waals surface area contributed by atoms with Crippen LogP contribution in [0.15, 0.2) is 40.8 Å². The molecule has 0 fully saturated rings. The number of anilines is 1. The molecule has 0 aliphatic heterocycles. The molecule has 2 rings (SSSR count). The SMILES string of the molecule is C[OH+]C1=CCC(CNc2c(C)cc(C)cc2N=O)C=C1C. The van der Waals surface area contributed by atoms with Gasteiger partial charge in [-0.1, -0.05) is 12.1 Å². The highest BCUT2D eigenvalue weighted by molar-refractivity contribution is 5.70. The van der Waals surface area contributed by atoms with Gasteiger partial charge in [-0.2, -0.15) is 0 Å². The van der Waals surface area contributed by atoms with Gasteiger partial charge in [-0.25, -0.2) is 0 Å². The number of hydrogen-bond donors (Lipinski definition) is 1. The average Bonchev–Trinajstić information content (AvgIpc) is 2.45. The third-order valence-corrected chi connectivity index (χ3v) is 3.84. The van der Waals surface area contributed by atoms with Crippen LogP contribution in [0.1, 0.15) is 24.5 Å². The number of ether oxygens (including phenoxy) is 1. The van der Waals surface area contributed by atoms with Gasteiger partial charge in [0.15, 0.2) is 7.11 Å². The predicted octanol–water partition coefficient (Wildman–Crippen LogP) is 4.12. The fourth-order valence-electron chi connectivity index (χ4n) is 2.82. The summed E-state index contributed by atoms with van der Waals surface area (Å²) in [5, 5.41) is 6.53. The van der Waals surface area contributed by atoms with Crippen LogP contribution >= 0.6 is 0 Å². The molecule has 112 valence electrons. The lowest BCUT2D eigenvalue weighted by Gasteiger charge is -2.19. The molecule has 0 saturated heterocycles. The average molecular weight is 287 g/mol. The zero-order valence-corrected chi connectivity index (χ0v) is 13.1. The number of benzene rings is 1. The molecule has 2 N–H and O–H groups in total. The summed E-state index contributed by atoms with van der Waals surface area (Å²) < 4.78 is 4.25. The first-order valence-electron chi connectivity index (χ1n) is 7.22. The summed E-state index contributed by atoms with van der Waals surface area (Å²) in [6.45, 7) is 6.84. The second-order valence-electron chi connectivity index (χ2n) is 5.61. The summed E-state index contributed by atoms with van der Waals surface area (Å²) in [7, 11) is 1.82. The van der Waals surface area contributed by atoms with Crippen molar-refractivity contribution in [2.45, 2.75) is 27.2 Å². The van der Waals surface area contributed by atoms with Crippen LogP contribution in [0.4, 0.5) is 11.4 Å². The second-order valence-corrected chi connectivity index (χ2v) is 5.61. The van der Waals surface area contributed by atoms with Gasteiger partial charge >= 0.3 is 0 Å². The number of nitroso groups, excluding NO2 is 1. The Hall–Kier alpha value is -2.10. The van der Waals surface area contributed by atoms with Gasteiger partial charge in [0.05, 0.1) is 5.69 Å². The number of aryl methyl sites for hydroxylation is 2. The summed E-state index contributed by atoms with van der Waals surface area (Å²) in [6, 6.07) is 3.88. The van der Waals surface area contributed by atoms with Crippen LogP contribution in [-0.2, 0) is 0 Å². The minimum atomic E-state index is 0.413. The topological polar surface area (TPSA) is 54.3 Å². The molecule has 0 saturated carbocycles. The number of rotatable bonds is 5. The predicted molar refractivity (Wildman–Crippen MR) is 88.0 cm³/mol. The van der Waals surface area contributed by atoms with E-state index in [1.807, 2.05) is 27.0 Å². The van der Waals surface area contributed by atoms with Crippen molar-refractivity contribution in [1.82, 2.24) is 0 Å². The van der Waals surface area contributed by atoms with Gasteiger partial charge in [0.25, 0.3) is 5.76 Å². The smallest absolute Gasteiger partial charge is 0.252 e. The zero-order valence-electron chi connectivity index (χ0n) is 13.1. The number of aliphatic hydroxyl groups is 2. The Morgan fingerprint density at radius 3 is 2.71 bits per heavy atom. The molecular formula is C17H23N2O2+. The molecule has 1 aromatic carbocycles. The van der Waals surface area contributed by atoms with Crippen molar-refractivity contribution in [2.75, 3.05) is 19.0 Å². The fraction of sp³-hybridized carbons (Fsp3) is 0.412. The van der Waals surface area contributed by atoms with Crippen molar-refractivity contribution in [2.24, 2.45) is 11.1 Å². The molecule has 0 heterocycles. The van der Waals surface area contributed by atoms with Gasteiger partial charge in [-0.15, -0.1) is 4.91 Å². The molecule has 21 heavy (non-hydrogen) atoms. The van der Waals surface area contributed by atoms with Gasteiger partial charge in [0, 0.05) is 18.2 Å². The summed E-state index contributed by atoms with van der Waals surface area (Å²) in [5.41, 5.74) is 4.66. The molecule has 0 amide bonds. The maximum absolute atomic E-state index is 11.0. The number of allylic oxidation sites excluding steroid dienone is 2. The van der Waals surface area contributed by atoms with E-state index in [1.165, 1.54) is 5.57 Å². The lowest BCUT2D eigenvalue weighted by molar-refractivity contribution is 0.0991. The molecular weight excluding hydrogens is 264 g/mol. The van der Waals surface area contributed by atoms with E-state index in [0.29, 0.717) is 11.6 Å². The van der Waals surface area contributed by atoms with Crippen LogP contribution in [0, 0.1) is 24.7 Å². The lowest BCUT2D eigenvalue weighted by Crippen LogP contribution is -2.16. The van der Waals surface area contributed by atoms with Gasteiger partial charge in [-0.05, 0) is 55.5 Å². The fourth-order valence-corrected chi connectivity index (χ4v) is 2.82. The van der Waals surface area contributed by atoms with Crippen molar-refractivity contribution in [3.8, 4) is 0 Å². The first-order valence-corrected chi connectivity index (χ1v) is 7.22. The molecule has 1 aliphatic rings. The van der Waals surface area contributed by atoms with E-state index >= 15 is 0 Å². The Morgan fingerprint density at radius 1 is 1.33 bits per heavy atom. The Bertz CT molecular complexity index is 603. The van der Waals surface area contributed by atoms with Gasteiger partial charge < -0.3 is 10.1 Å². The van der Waals surface area contributed by atoms with E-state index in [4.69, 9.17) is 0 Å². The summed E-state index contributed by atoms with van der Waals surface area (Å²) in [4.78, 5) is 11.0. The van der Waals surface area contributed by atoms with E-state index in [2.05, 4.69) is 40.4 Å². The minimum absolute atomic E-state index is 0.413. The molecule has 4 nitrogen and oxygen atoms in total. The van der Waals surface area contributed by atoms with Crippen molar-refractivity contribution < 1.29 is 4.74 Å². The molecule has 1 unspecified atom stereocenters. The van der Waals surface area contributed by atoms with E-state index < -0.39 is 0 Å². The van der Waals surface area contributed by atoms with Crippen LogP contribution in [0.2, 0.25) is 0 Å². The molecule has 4 heteroatoms. The van der Waals surface area contributed by atoms with Gasteiger partial charge in [0.1, 0.15) is 5.69 Å². The highest BCUT2D eigenvalue weighted by Gasteiger charge is 2.17. The van der Waals surface area contributed by atoms with E-state index in [0.717, 1.165) is 35.5 Å². The third-order valence-electron chi connectivity index (χ3n) is 3.84. The van der Waals surface area contributed by atoms with Crippen LogP contribution in [0.3, 0.4) is 0 Å². The first kappa shape index (κ1) is 15.3. The molecule has 0 aromatic heterocycles. The van der Waals surface area contributed by atoms with Crippen molar-refractivity contribution in [3.63, 3.8) is 0 Å². The van der Waals surface area contributed by atoms with Gasteiger partial charge in [0.2, 0.25) is 0 Å². The van der Waals surface area contributed by atoms with Crippen molar-refractivity contribution >= 4 is 11.4 Å². The lowest BCUT2D eigenvalue weighted by atomic mass is 9.95. The summed E-state index contributed by atoms with van der Waals surface area (Å²) >= 11 is 0. The Morgan fingerprint density at radius 2 is 2.10 bits per heavy atom. The zero-order chi connectivity index (χ0) is 15.4. The number of hydrogen-bond acceptors (Lipinski definition) is 3. The quantitative estimate of drug-likeness (QED) is 0.654. The van der Waals surface area contributed by atoms with Crippen LogP contribution in [-0.4, -0.2) is 18.4 Å². The maximum atomic E-state index is 11.0. The van der Waals surface area contributed by atoms with Crippen LogP contribution < -0.4 is 5.32 Å². The second kappa shape index (κ2) is 6.57. The van der Waals surface area contributed by atoms with E-state index in [9.17, 15) is 4.91 Å². The molecule has 1 aliphatic carbocycles. The van der Waals surface area contributed by atoms with Crippen molar-refractivity contribution in [1.29, 1.82) is 0 Å². The molecule has 0 bridgehead atoms. The third kappa shape index (κ3) is 3.51. The Labute approximate surface area is 125 Å². The highest BCUT2D eigenvalue weighted by Crippen LogP contribution is 2.31. The monoisotopic (exact) mass is 287 g/mol. The first-order chi connectivity index (χ1) is 10.0. The van der Waals surface area contributed by atoms with E-state index in [-0.39, 0.29) is 0 Å². The Kier molecular flexibility index (Phi) is 4.78. The van der Waals surface area contributed by atoms with Crippen LogP contribution in [0.25, 0.3) is 0 Å². The van der Waals surface area contributed by atoms with Gasteiger partial charge in [-0.3, -0.25) is 0 Å². The highest BCUT2D eigenvalue weighted by atomic mass is 16.5. The molecule has 1 atom stereocenters. The van der Waals surface area contributed by atoms with Crippen molar-refractivity contribution in [3.05, 3.63) is 51.7 Å². The van der Waals surface area contributed by atoms with Crippen LogP contribution in [0.5, 0.6) is 0 Å².